The fourth-order valence-electron chi connectivity index (χ4n) is 6.71. The Morgan fingerprint density at radius 3 is 2.57 bits per heavy atom. The van der Waals surface area contributed by atoms with Crippen LogP contribution in [-0.4, -0.2) is 91.9 Å². The maximum absolute atomic E-state index is 14.3. The van der Waals surface area contributed by atoms with Crippen LogP contribution < -0.4 is 5.32 Å². The maximum atomic E-state index is 14.3. The van der Waals surface area contributed by atoms with Gasteiger partial charge in [0.05, 0.1) is 13.1 Å². The van der Waals surface area contributed by atoms with Crippen LogP contribution in [0.1, 0.15) is 46.1 Å². The topological polar surface area (TPSA) is 129 Å². The molecule has 3 aliphatic rings. The summed E-state index contributed by atoms with van der Waals surface area (Å²) in [6, 6.07) is 14.9. The van der Waals surface area contributed by atoms with Gasteiger partial charge in [-0.2, -0.15) is 0 Å². The highest BCUT2D eigenvalue weighted by Gasteiger charge is 2.51. The van der Waals surface area contributed by atoms with E-state index in [0.717, 1.165) is 40.8 Å². The normalized spacial score (nSPS) is 19.8. The molecule has 0 unspecified atom stereocenters. The third kappa shape index (κ3) is 6.05. The molecular weight excluding hydrogens is 584 g/mol. The second-order valence-electron chi connectivity index (χ2n) is 11.9. The number of urea groups is 1. The lowest BCUT2D eigenvalue weighted by Crippen LogP contribution is -2.76. The van der Waals surface area contributed by atoms with Gasteiger partial charge in [0.15, 0.2) is 5.78 Å². The van der Waals surface area contributed by atoms with Crippen LogP contribution in [-0.2, 0) is 29.0 Å². The van der Waals surface area contributed by atoms with Crippen LogP contribution in [0.15, 0.2) is 79.5 Å². The Labute approximate surface area is 267 Å². The van der Waals surface area contributed by atoms with Crippen molar-refractivity contribution in [1.29, 1.82) is 0 Å². The summed E-state index contributed by atoms with van der Waals surface area (Å²) in [5, 5.41) is 16.1. The number of phenolic OH excluding ortho intramolecular Hbond substituents is 1. The Morgan fingerprint density at radius 1 is 1.09 bits per heavy atom. The quantitative estimate of drug-likeness (QED) is 0.248. The van der Waals surface area contributed by atoms with Crippen molar-refractivity contribution in [3.05, 3.63) is 107 Å². The number of amides is 4. The molecule has 11 nitrogen and oxygen atoms in total. The van der Waals surface area contributed by atoms with Crippen molar-refractivity contribution in [2.45, 2.75) is 44.9 Å². The standard InChI is InChI=1S/C35H38N6O5/c1-3-16-39-22-32(44)40-30(17-24-12-14-27(43)15-13-24)34(45)38(20-26-10-7-11-28-29(23(2)42)19-36-33(26)28)21-31(40)41(39)35(46)37-18-25-8-5-4-6-9-25/h3-6,8-10,12-15,19,30-31,36,43H,1,7,11,16-18,20-22H2,2H3,(H,37,46)/t30-,31-/m0/s1. The maximum Gasteiger partial charge on any atom is 0.334 e. The van der Waals surface area contributed by atoms with Crippen molar-refractivity contribution >= 4 is 29.2 Å². The fraction of sp³-hybridized carbons (Fsp3) is 0.314. The summed E-state index contributed by atoms with van der Waals surface area (Å²) in [6.07, 6.45) is 6.34. The lowest BCUT2D eigenvalue weighted by molar-refractivity contribution is -0.188. The molecule has 2 saturated heterocycles. The number of allylic oxidation sites excluding steroid dienone is 1. The number of carbonyl (C=O) groups excluding carboxylic acids is 4. The first-order chi connectivity index (χ1) is 22.2. The number of Topliss-reactive ketones (excluding diaryl/α,β-unsaturated/α-hetero) is 1. The Hall–Kier alpha value is -5.16. The Morgan fingerprint density at radius 2 is 1.85 bits per heavy atom. The van der Waals surface area contributed by atoms with Crippen LogP contribution in [0.3, 0.4) is 0 Å². The number of rotatable bonds is 9. The number of fused-ring (bicyclic) bond motifs is 2. The predicted molar refractivity (Wildman–Crippen MR) is 172 cm³/mol. The number of nitrogens with one attached hydrogen (secondary N) is 2. The predicted octanol–water partition coefficient (Wildman–Crippen LogP) is 3.49. The molecule has 2 aromatic carbocycles. The molecule has 11 heteroatoms. The molecule has 3 N–H and O–H groups in total. The fourth-order valence-corrected chi connectivity index (χ4v) is 6.71. The number of H-pyrrole nitrogens is 1. The number of aromatic hydroxyl groups is 1. The number of hydrogen-bond donors (Lipinski definition) is 3. The number of benzene rings is 2. The van der Waals surface area contributed by atoms with Crippen LogP contribution in [0.4, 0.5) is 4.79 Å². The molecule has 0 bridgehead atoms. The molecule has 0 spiro atoms. The van der Waals surface area contributed by atoms with Crippen LogP contribution >= 0.6 is 0 Å². The van der Waals surface area contributed by atoms with E-state index in [4.69, 9.17) is 0 Å². The molecule has 1 aromatic heterocycles. The van der Waals surface area contributed by atoms with Crippen molar-refractivity contribution in [3.63, 3.8) is 0 Å². The molecule has 2 atom stereocenters. The van der Waals surface area contributed by atoms with Crippen molar-refractivity contribution in [1.82, 2.24) is 30.1 Å². The van der Waals surface area contributed by atoms with Gasteiger partial charge in [0.1, 0.15) is 18.0 Å². The van der Waals surface area contributed by atoms with Crippen molar-refractivity contribution < 1.29 is 24.3 Å². The first kappa shape index (κ1) is 30.8. The zero-order valence-electron chi connectivity index (χ0n) is 25.8. The van der Waals surface area contributed by atoms with Crippen LogP contribution in [0.25, 0.3) is 5.57 Å². The van der Waals surface area contributed by atoms with Gasteiger partial charge in [-0.1, -0.05) is 54.6 Å². The number of aromatic amines is 1. The zero-order valence-corrected chi connectivity index (χ0v) is 25.8. The highest BCUT2D eigenvalue weighted by Crippen LogP contribution is 2.33. The molecule has 0 radical (unpaired) electrons. The summed E-state index contributed by atoms with van der Waals surface area (Å²) in [7, 11) is 0. The average Bonchev–Trinajstić information content (AvgIpc) is 3.49. The van der Waals surface area contributed by atoms with E-state index in [1.165, 1.54) is 0 Å². The summed E-state index contributed by atoms with van der Waals surface area (Å²) in [4.78, 5) is 60.9. The van der Waals surface area contributed by atoms with Gasteiger partial charge in [-0.05, 0) is 54.2 Å². The van der Waals surface area contributed by atoms with Gasteiger partial charge < -0.3 is 25.2 Å². The van der Waals surface area contributed by atoms with Crippen molar-refractivity contribution in [2.24, 2.45) is 0 Å². The number of phenols is 1. The minimum atomic E-state index is -0.883. The van der Waals surface area contributed by atoms with Crippen molar-refractivity contribution in [3.8, 4) is 5.75 Å². The number of carbonyl (C=O) groups is 4. The van der Waals surface area contributed by atoms with Gasteiger partial charge in [0.2, 0.25) is 11.8 Å². The monoisotopic (exact) mass is 622 g/mol. The average molecular weight is 623 g/mol. The van der Waals surface area contributed by atoms with Gasteiger partial charge >= 0.3 is 6.03 Å². The van der Waals surface area contributed by atoms with E-state index in [-0.39, 0.29) is 62.0 Å². The molecule has 0 saturated carbocycles. The lowest BCUT2D eigenvalue weighted by atomic mass is 9.92. The molecule has 1 aliphatic carbocycles. The summed E-state index contributed by atoms with van der Waals surface area (Å²) >= 11 is 0. The largest absolute Gasteiger partial charge is 0.508 e. The van der Waals surface area contributed by atoms with E-state index >= 15 is 0 Å². The molecule has 3 heterocycles. The number of hydrogen-bond acceptors (Lipinski definition) is 6. The highest BCUT2D eigenvalue weighted by molar-refractivity contribution is 5.97. The minimum Gasteiger partial charge on any atom is -0.508 e. The molecule has 2 aliphatic heterocycles. The lowest BCUT2D eigenvalue weighted by Gasteiger charge is -2.55. The van der Waals surface area contributed by atoms with Gasteiger partial charge in [-0.15, -0.1) is 6.58 Å². The van der Waals surface area contributed by atoms with E-state index in [9.17, 15) is 24.3 Å². The number of nitrogens with zero attached hydrogens (tertiary/aromatic N) is 4. The molecule has 6 rings (SSSR count). The second-order valence-corrected chi connectivity index (χ2v) is 11.9. The zero-order chi connectivity index (χ0) is 32.4. The summed E-state index contributed by atoms with van der Waals surface area (Å²) in [6.45, 7) is 6.19. The number of ketones is 1. The highest BCUT2D eigenvalue weighted by atomic mass is 16.3. The third-order valence-electron chi connectivity index (χ3n) is 8.86. The van der Waals surface area contributed by atoms with E-state index < -0.39 is 12.2 Å². The molecular formula is C35H38N6O5. The molecule has 4 amide bonds. The Bertz CT molecular complexity index is 1680. The van der Waals surface area contributed by atoms with Gasteiger partial charge in [-0.3, -0.25) is 14.4 Å². The van der Waals surface area contributed by atoms with Gasteiger partial charge in [-0.25, -0.2) is 14.8 Å². The van der Waals surface area contributed by atoms with Crippen molar-refractivity contribution in [2.75, 3.05) is 26.2 Å². The SMILES string of the molecule is C=CCN1CC(=O)N2[C@@H](Cc3ccc(O)cc3)C(=O)N(CC3=CCCc4c(C(C)=O)c[nH]c43)C[C@@H]2N1C(=O)NCc1ccccc1. The molecule has 46 heavy (non-hydrogen) atoms. The summed E-state index contributed by atoms with van der Waals surface area (Å²) in [5.74, 6) is -0.404. The number of piperazine rings is 1. The van der Waals surface area contributed by atoms with Crippen LogP contribution in [0, 0.1) is 0 Å². The first-order valence-corrected chi connectivity index (χ1v) is 15.5. The van der Waals surface area contributed by atoms with Crippen LogP contribution in [0.5, 0.6) is 5.75 Å². The Kier molecular flexibility index (Phi) is 8.76. The first-order valence-electron chi connectivity index (χ1n) is 15.5. The smallest absolute Gasteiger partial charge is 0.334 e. The number of aromatic nitrogens is 1. The summed E-state index contributed by atoms with van der Waals surface area (Å²) < 4.78 is 0. The third-order valence-corrected chi connectivity index (χ3v) is 8.86. The van der Waals surface area contributed by atoms with E-state index in [1.54, 1.807) is 63.3 Å². The minimum absolute atomic E-state index is 0.0161. The van der Waals surface area contributed by atoms with Crippen LogP contribution in [0.2, 0.25) is 0 Å². The van der Waals surface area contributed by atoms with E-state index in [0.29, 0.717) is 12.1 Å². The van der Waals surface area contributed by atoms with Gasteiger partial charge in [0, 0.05) is 43.5 Å². The number of hydrazine groups is 1. The van der Waals surface area contributed by atoms with E-state index in [1.807, 2.05) is 30.3 Å². The molecule has 2 fully saturated rings. The van der Waals surface area contributed by atoms with E-state index in [2.05, 4.69) is 23.0 Å². The van der Waals surface area contributed by atoms with Gasteiger partial charge in [0.25, 0.3) is 0 Å². The summed E-state index contributed by atoms with van der Waals surface area (Å²) in [5.41, 5.74) is 5.03. The second kappa shape index (κ2) is 13.1. The molecule has 238 valence electrons. The molecule has 3 aromatic rings. The Balaban J connectivity index is 1.35.